The number of para-hydroxylation sites is 1. The van der Waals surface area contributed by atoms with Crippen LogP contribution < -0.4 is 16.0 Å². The van der Waals surface area contributed by atoms with Gasteiger partial charge >= 0.3 is 0 Å². The first-order chi connectivity index (χ1) is 18.3. The lowest BCUT2D eigenvalue weighted by Gasteiger charge is -2.23. The summed E-state index contributed by atoms with van der Waals surface area (Å²) in [6.45, 7) is 9.11. The predicted molar refractivity (Wildman–Crippen MR) is 156 cm³/mol. The molecular formula is C31H44N6. The summed E-state index contributed by atoms with van der Waals surface area (Å²) in [6.07, 6.45) is 10.7. The van der Waals surface area contributed by atoms with Crippen LogP contribution in [0.25, 0.3) is 10.9 Å². The zero-order valence-electron chi connectivity index (χ0n) is 22.5. The summed E-state index contributed by atoms with van der Waals surface area (Å²) in [5.41, 5.74) is 3.91. The van der Waals surface area contributed by atoms with E-state index in [1.54, 1.807) is 6.20 Å². The van der Waals surface area contributed by atoms with Crippen LogP contribution in [-0.2, 0) is 13.0 Å². The molecule has 198 valence electrons. The first-order valence-electron chi connectivity index (χ1n) is 14.1. The van der Waals surface area contributed by atoms with Crippen molar-refractivity contribution in [2.75, 3.05) is 45.1 Å². The molecule has 1 fully saturated rings. The van der Waals surface area contributed by atoms with Crippen molar-refractivity contribution in [2.45, 2.75) is 57.4 Å². The molecule has 0 spiro atoms. The molecule has 6 nitrogen and oxygen atoms in total. The Balaban J connectivity index is 1.43. The van der Waals surface area contributed by atoms with Crippen molar-refractivity contribution >= 4 is 16.7 Å². The van der Waals surface area contributed by atoms with Gasteiger partial charge < -0.3 is 16.0 Å². The molecule has 2 aromatic carbocycles. The first-order valence-corrected chi connectivity index (χ1v) is 14.1. The third-order valence-electron chi connectivity index (χ3n) is 7.40. The molecular weight excluding hydrogens is 456 g/mol. The Kier molecular flexibility index (Phi) is 10.8. The minimum Gasteiger partial charge on any atom is -0.390 e. The standard InChI is InChI=1S/C31H44N6/c1-3-33-21-23-37(22-18-25-14-16-27(17-15-25)26-10-5-4-6-11-26)24-30-35-29-13-8-7-12-28(29)31(36-30)34-20-9-19-32-2/h3,7-8,12-17,26,32-33H,1,4-6,9-11,18-24H2,2H3,(H,34,35,36). The smallest absolute Gasteiger partial charge is 0.145 e. The van der Waals surface area contributed by atoms with Gasteiger partial charge in [0, 0.05) is 31.6 Å². The van der Waals surface area contributed by atoms with Crippen LogP contribution in [0.1, 0.15) is 61.4 Å². The lowest BCUT2D eigenvalue weighted by Crippen LogP contribution is -2.32. The van der Waals surface area contributed by atoms with Crippen molar-refractivity contribution < 1.29 is 0 Å². The Morgan fingerprint density at radius 2 is 1.76 bits per heavy atom. The quantitative estimate of drug-likeness (QED) is 0.240. The van der Waals surface area contributed by atoms with E-state index < -0.39 is 0 Å². The lowest BCUT2D eigenvalue weighted by molar-refractivity contribution is 0.265. The predicted octanol–water partition coefficient (Wildman–Crippen LogP) is 5.48. The van der Waals surface area contributed by atoms with E-state index in [2.05, 4.69) is 69.9 Å². The van der Waals surface area contributed by atoms with E-state index in [4.69, 9.17) is 9.97 Å². The molecule has 37 heavy (non-hydrogen) atoms. The van der Waals surface area contributed by atoms with Gasteiger partial charge in [-0.15, -0.1) is 0 Å². The number of anilines is 1. The van der Waals surface area contributed by atoms with Gasteiger partial charge in [-0.1, -0.05) is 62.2 Å². The molecule has 0 amide bonds. The van der Waals surface area contributed by atoms with E-state index in [0.717, 1.165) is 80.6 Å². The molecule has 1 aliphatic carbocycles. The van der Waals surface area contributed by atoms with Gasteiger partial charge in [-0.25, -0.2) is 9.97 Å². The van der Waals surface area contributed by atoms with E-state index in [-0.39, 0.29) is 0 Å². The Bertz CT molecular complexity index is 1090. The molecule has 0 saturated heterocycles. The minimum absolute atomic E-state index is 0.717. The van der Waals surface area contributed by atoms with Crippen LogP contribution in [0.5, 0.6) is 0 Å². The molecule has 0 aliphatic heterocycles. The minimum atomic E-state index is 0.717. The molecule has 1 aliphatic rings. The fourth-order valence-corrected chi connectivity index (χ4v) is 5.28. The van der Waals surface area contributed by atoms with E-state index in [0.29, 0.717) is 0 Å². The fourth-order valence-electron chi connectivity index (χ4n) is 5.28. The lowest BCUT2D eigenvalue weighted by atomic mass is 9.84. The number of nitrogens with zero attached hydrogens (tertiary/aromatic N) is 3. The van der Waals surface area contributed by atoms with Crippen LogP contribution in [0.3, 0.4) is 0 Å². The zero-order chi connectivity index (χ0) is 25.7. The van der Waals surface area contributed by atoms with Crippen LogP contribution in [0.4, 0.5) is 5.82 Å². The van der Waals surface area contributed by atoms with Gasteiger partial charge in [-0.05, 0) is 74.7 Å². The van der Waals surface area contributed by atoms with Crippen LogP contribution in [0.15, 0.2) is 61.3 Å². The van der Waals surface area contributed by atoms with Gasteiger partial charge in [0.1, 0.15) is 11.6 Å². The molecule has 6 heteroatoms. The van der Waals surface area contributed by atoms with Gasteiger partial charge in [0.25, 0.3) is 0 Å². The second-order valence-electron chi connectivity index (χ2n) is 10.2. The topological polar surface area (TPSA) is 65.1 Å². The molecule has 0 radical (unpaired) electrons. The maximum absolute atomic E-state index is 4.96. The van der Waals surface area contributed by atoms with Gasteiger partial charge in [0.05, 0.1) is 12.1 Å². The average molecular weight is 501 g/mol. The highest BCUT2D eigenvalue weighted by molar-refractivity contribution is 5.88. The SMILES string of the molecule is C=CNCCN(CCc1ccc(C2CCCCC2)cc1)Cc1nc(NCCCNC)c2ccccc2n1. The second kappa shape index (κ2) is 14.7. The third-order valence-corrected chi connectivity index (χ3v) is 7.40. The number of rotatable bonds is 15. The Morgan fingerprint density at radius 1 is 0.946 bits per heavy atom. The van der Waals surface area contributed by atoms with Gasteiger partial charge in [0.15, 0.2) is 0 Å². The molecule has 3 N–H and O–H groups in total. The number of fused-ring (bicyclic) bond motifs is 1. The number of nitrogens with one attached hydrogen (secondary N) is 3. The Labute approximate surface area is 223 Å². The van der Waals surface area contributed by atoms with Crippen molar-refractivity contribution in [1.29, 1.82) is 0 Å². The van der Waals surface area contributed by atoms with Crippen LogP contribution in [-0.4, -0.2) is 54.6 Å². The summed E-state index contributed by atoms with van der Waals surface area (Å²) >= 11 is 0. The maximum atomic E-state index is 4.96. The summed E-state index contributed by atoms with van der Waals surface area (Å²) in [5.74, 6) is 2.55. The van der Waals surface area contributed by atoms with Gasteiger partial charge in [-0.3, -0.25) is 4.90 Å². The van der Waals surface area contributed by atoms with Crippen LogP contribution >= 0.6 is 0 Å². The molecule has 3 aromatic rings. The normalized spacial score (nSPS) is 14.2. The molecule has 1 saturated carbocycles. The highest BCUT2D eigenvalue weighted by atomic mass is 15.2. The molecule has 1 aromatic heterocycles. The maximum Gasteiger partial charge on any atom is 0.145 e. The Hall–Kier alpha value is -2.96. The molecule has 1 heterocycles. The van der Waals surface area contributed by atoms with E-state index in [1.807, 2.05) is 13.1 Å². The van der Waals surface area contributed by atoms with Crippen LogP contribution in [0, 0.1) is 0 Å². The summed E-state index contributed by atoms with van der Waals surface area (Å²) in [5, 5.41) is 11.1. The summed E-state index contributed by atoms with van der Waals surface area (Å²) in [7, 11) is 1.99. The zero-order valence-corrected chi connectivity index (χ0v) is 22.5. The number of hydrogen-bond donors (Lipinski definition) is 3. The van der Waals surface area contributed by atoms with E-state index in [9.17, 15) is 0 Å². The van der Waals surface area contributed by atoms with Crippen molar-refractivity contribution in [1.82, 2.24) is 25.5 Å². The average Bonchev–Trinajstić information content (AvgIpc) is 2.95. The second-order valence-corrected chi connectivity index (χ2v) is 10.2. The third kappa shape index (κ3) is 8.27. The first kappa shape index (κ1) is 27.1. The highest BCUT2D eigenvalue weighted by Gasteiger charge is 2.16. The monoisotopic (exact) mass is 500 g/mol. The number of hydrogen-bond acceptors (Lipinski definition) is 6. The van der Waals surface area contributed by atoms with Gasteiger partial charge in [0.2, 0.25) is 0 Å². The summed E-state index contributed by atoms with van der Waals surface area (Å²) in [4.78, 5) is 12.3. The number of benzene rings is 2. The highest BCUT2D eigenvalue weighted by Crippen LogP contribution is 2.32. The number of aromatic nitrogens is 2. The summed E-state index contributed by atoms with van der Waals surface area (Å²) < 4.78 is 0. The fraction of sp³-hybridized carbons (Fsp3) is 0.484. The van der Waals surface area contributed by atoms with E-state index >= 15 is 0 Å². The van der Waals surface area contributed by atoms with Gasteiger partial charge in [-0.2, -0.15) is 0 Å². The van der Waals surface area contributed by atoms with Crippen molar-refractivity contribution in [3.63, 3.8) is 0 Å². The molecule has 0 unspecified atom stereocenters. The molecule has 0 atom stereocenters. The molecule has 0 bridgehead atoms. The summed E-state index contributed by atoms with van der Waals surface area (Å²) in [6, 6.07) is 17.7. The van der Waals surface area contributed by atoms with Crippen molar-refractivity contribution in [2.24, 2.45) is 0 Å². The van der Waals surface area contributed by atoms with Crippen LogP contribution in [0.2, 0.25) is 0 Å². The van der Waals surface area contributed by atoms with Crippen molar-refractivity contribution in [3.05, 3.63) is 78.3 Å². The Morgan fingerprint density at radius 3 is 2.54 bits per heavy atom. The van der Waals surface area contributed by atoms with Crippen molar-refractivity contribution in [3.8, 4) is 0 Å². The van der Waals surface area contributed by atoms with E-state index in [1.165, 1.54) is 43.2 Å². The largest absolute Gasteiger partial charge is 0.390 e. The molecule has 4 rings (SSSR count).